The number of benzene rings is 1. The standard InChI is InChI=1S/C14H15NO5/c1-20-11(14(18)19)8-15-12(16)7-10(13(15)17)9-5-3-2-4-6-9/h2-6,10-11H,7-8H2,1H3,(H,18,19). The first-order valence-electron chi connectivity index (χ1n) is 6.19. The lowest BCUT2D eigenvalue weighted by molar-refractivity contribution is -0.152. The van der Waals surface area contributed by atoms with Crippen molar-refractivity contribution in [1.29, 1.82) is 0 Å². The van der Waals surface area contributed by atoms with Gasteiger partial charge in [-0.2, -0.15) is 0 Å². The number of hydrogen-bond donors (Lipinski definition) is 1. The molecule has 6 nitrogen and oxygen atoms in total. The largest absolute Gasteiger partial charge is 0.479 e. The predicted molar refractivity (Wildman–Crippen MR) is 69.0 cm³/mol. The Bertz CT molecular complexity index is 528. The van der Waals surface area contributed by atoms with Gasteiger partial charge in [0.05, 0.1) is 12.5 Å². The Morgan fingerprint density at radius 2 is 2.05 bits per heavy atom. The van der Waals surface area contributed by atoms with E-state index in [0.717, 1.165) is 10.5 Å². The summed E-state index contributed by atoms with van der Waals surface area (Å²) in [7, 11) is 1.23. The molecule has 0 radical (unpaired) electrons. The molecule has 1 N–H and O–H groups in total. The summed E-state index contributed by atoms with van der Waals surface area (Å²) in [6.45, 7) is -0.257. The number of amides is 2. The quantitative estimate of drug-likeness (QED) is 0.798. The van der Waals surface area contributed by atoms with Crippen molar-refractivity contribution < 1.29 is 24.2 Å². The van der Waals surface area contributed by atoms with E-state index in [0.29, 0.717) is 0 Å². The summed E-state index contributed by atoms with van der Waals surface area (Å²) in [5, 5.41) is 8.91. The second kappa shape index (κ2) is 5.83. The van der Waals surface area contributed by atoms with Crippen molar-refractivity contribution in [2.24, 2.45) is 0 Å². The summed E-state index contributed by atoms with van der Waals surface area (Å²) in [4.78, 5) is 36.0. The van der Waals surface area contributed by atoms with Crippen LogP contribution in [0.25, 0.3) is 0 Å². The normalized spacial score (nSPS) is 20.2. The molecule has 0 saturated carbocycles. The number of aliphatic carboxylic acids is 1. The Labute approximate surface area is 115 Å². The molecular formula is C14H15NO5. The summed E-state index contributed by atoms with van der Waals surface area (Å²) in [5.74, 6) is -2.47. The molecule has 0 bridgehead atoms. The Balaban J connectivity index is 2.15. The smallest absolute Gasteiger partial charge is 0.334 e. The highest BCUT2D eigenvalue weighted by Crippen LogP contribution is 2.29. The van der Waals surface area contributed by atoms with Crippen molar-refractivity contribution in [3.05, 3.63) is 35.9 Å². The van der Waals surface area contributed by atoms with E-state index in [1.807, 2.05) is 6.07 Å². The molecule has 1 heterocycles. The van der Waals surface area contributed by atoms with Gasteiger partial charge in [0.1, 0.15) is 0 Å². The Hall–Kier alpha value is -2.21. The molecule has 1 saturated heterocycles. The first-order valence-corrected chi connectivity index (χ1v) is 6.19. The van der Waals surface area contributed by atoms with Gasteiger partial charge in [-0.25, -0.2) is 4.79 Å². The molecule has 0 aliphatic carbocycles. The summed E-state index contributed by atoms with van der Waals surface area (Å²) >= 11 is 0. The molecule has 2 atom stereocenters. The molecule has 1 aliphatic rings. The van der Waals surface area contributed by atoms with Crippen molar-refractivity contribution in [2.45, 2.75) is 18.4 Å². The lowest BCUT2D eigenvalue weighted by atomic mass is 9.98. The molecule has 1 fully saturated rings. The number of ether oxygens (including phenoxy) is 1. The molecule has 2 rings (SSSR count). The van der Waals surface area contributed by atoms with Crippen LogP contribution in [0.15, 0.2) is 30.3 Å². The van der Waals surface area contributed by atoms with Gasteiger partial charge in [0.2, 0.25) is 11.8 Å². The number of carboxylic acids is 1. The number of rotatable bonds is 5. The maximum atomic E-state index is 12.2. The van der Waals surface area contributed by atoms with Gasteiger partial charge in [-0.15, -0.1) is 0 Å². The summed E-state index contributed by atoms with van der Waals surface area (Å²) in [6.07, 6.45) is -1.13. The summed E-state index contributed by atoms with van der Waals surface area (Å²) < 4.78 is 4.77. The minimum absolute atomic E-state index is 0.0684. The van der Waals surface area contributed by atoms with E-state index in [2.05, 4.69) is 0 Å². The van der Waals surface area contributed by atoms with Gasteiger partial charge < -0.3 is 9.84 Å². The highest BCUT2D eigenvalue weighted by Gasteiger charge is 2.41. The van der Waals surface area contributed by atoms with Gasteiger partial charge in [-0.05, 0) is 5.56 Å². The number of carbonyl (C=O) groups is 3. The van der Waals surface area contributed by atoms with Gasteiger partial charge in [0.25, 0.3) is 0 Å². The minimum Gasteiger partial charge on any atom is -0.479 e. The first-order chi connectivity index (χ1) is 9.54. The molecule has 20 heavy (non-hydrogen) atoms. The van der Waals surface area contributed by atoms with Gasteiger partial charge in [0, 0.05) is 13.5 Å². The lowest BCUT2D eigenvalue weighted by Gasteiger charge is -2.19. The molecule has 1 aromatic carbocycles. The molecule has 1 aromatic rings. The molecule has 0 spiro atoms. The van der Waals surface area contributed by atoms with E-state index in [1.54, 1.807) is 24.3 Å². The molecule has 1 aliphatic heterocycles. The summed E-state index contributed by atoms with van der Waals surface area (Å²) in [6, 6.07) is 8.98. The van der Waals surface area contributed by atoms with E-state index >= 15 is 0 Å². The third-order valence-electron chi connectivity index (χ3n) is 3.35. The predicted octanol–water partition coefficient (Wildman–Crippen LogP) is 0.629. The van der Waals surface area contributed by atoms with E-state index in [4.69, 9.17) is 9.84 Å². The molecular weight excluding hydrogens is 262 g/mol. The third kappa shape index (κ3) is 2.70. The fourth-order valence-corrected chi connectivity index (χ4v) is 2.24. The molecule has 2 unspecified atom stereocenters. The van der Waals surface area contributed by atoms with Crippen LogP contribution in [-0.2, 0) is 19.1 Å². The van der Waals surface area contributed by atoms with Crippen LogP contribution < -0.4 is 0 Å². The zero-order valence-corrected chi connectivity index (χ0v) is 11.0. The maximum Gasteiger partial charge on any atom is 0.334 e. The highest BCUT2D eigenvalue weighted by atomic mass is 16.5. The van der Waals surface area contributed by atoms with E-state index < -0.39 is 18.0 Å². The fourth-order valence-electron chi connectivity index (χ4n) is 2.24. The van der Waals surface area contributed by atoms with Crippen molar-refractivity contribution in [3.8, 4) is 0 Å². The fraction of sp³-hybridized carbons (Fsp3) is 0.357. The van der Waals surface area contributed by atoms with Crippen LogP contribution in [0.1, 0.15) is 17.9 Å². The number of carbonyl (C=O) groups excluding carboxylic acids is 2. The molecule has 6 heteroatoms. The van der Waals surface area contributed by atoms with E-state index in [-0.39, 0.29) is 24.8 Å². The molecule has 0 aromatic heterocycles. The first kappa shape index (κ1) is 14.2. The molecule has 106 valence electrons. The zero-order valence-electron chi connectivity index (χ0n) is 11.0. The van der Waals surface area contributed by atoms with Gasteiger partial charge >= 0.3 is 5.97 Å². The van der Waals surface area contributed by atoms with Gasteiger partial charge in [-0.1, -0.05) is 30.3 Å². The Kier molecular flexibility index (Phi) is 4.14. The van der Waals surface area contributed by atoms with Crippen LogP contribution >= 0.6 is 0 Å². The maximum absolute atomic E-state index is 12.2. The monoisotopic (exact) mass is 277 g/mol. The van der Waals surface area contributed by atoms with Crippen molar-refractivity contribution >= 4 is 17.8 Å². The average molecular weight is 277 g/mol. The lowest BCUT2D eigenvalue weighted by Crippen LogP contribution is -2.41. The summed E-state index contributed by atoms with van der Waals surface area (Å²) in [5.41, 5.74) is 0.762. The van der Waals surface area contributed by atoms with Crippen LogP contribution in [0, 0.1) is 0 Å². The van der Waals surface area contributed by atoms with Crippen LogP contribution in [0.5, 0.6) is 0 Å². The number of hydrogen-bond acceptors (Lipinski definition) is 4. The SMILES string of the molecule is COC(CN1C(=O)CC(c2ccccc2)C1=O)C(=O)O. The Morgan fingerprint density at radius 3 is 2.60 bits per heavy atom. The molecule has 2 amide bonds. The second-order valence-corrected chi connectivity index (χ2v) is 4.57. The van der Waals surface area contributed by atoms with Crippen LogP contribution in [-0.4, -0.2) is 47.5 Å². The zero-order chi connectivity index (χ0) is 14.7. The van der Waals surface area contributed by atoms with E-state index in [9.17, 15) is 14.4 Å². The second-order valence-electron chi connectivity index (χ2n) is 4.57. The third-order valence-corrected chi connectivity index (χ3v) is 3.35. The van der Waals surface area contributed by atoms with Gasteiger partial charge in [-0.3, -0.25) is 14.5 Å². The number of likely N-dealkylation sites (tertiary alicyclic amines) is 1. The van der Waals surface area contributed by atoms with Crippen molar-refractivity contribution in [3.63, 3.8) is 0 Å². The Morgan fingerprint density at radius 1 is 1.40 bits per heavy atom. The van der Waals surface area contributed by atoms with Crippen molar-refractivity contribution in [1.82, 2.24) is 4.90 Å². The highest BCUT2D eigenvalue weighted by molar-refractivity contribution is 6.06. The average Bonchev–Trinajstić information content (AvgIpc) is 2.72. The van der Waals surface area contributed by atoms with Crippen molar-refractivity contribution in [2.75, 3.05) is 13.7 Å². The number of nitrogens with zero attached hydrogens (tertiary/aromatic N) is 1. The number of carboxylic acid groups (broad SMARTS) is 1. The number of methoxy groups -OCH3 is 1. The minimum atomic E-state index is -1.20. The number of imide groups is 1. The van der Waals surface area contributed by atoms with Crippen LogP contribution in [0.2, 0.25) is 0 Å². The van der Waals surface area contributed by atoms with Gasteiger partial charge in [0.15, 0.2) is 6.10 Å². The topological polar surface area (TPSA) is 83.9 Å². The van der Waals surface area contributed by atoms with E-state index in [1.165, 1.54) is 7.11 Å². The van der Waals surface area contributed by atoms with Crippen LogP contribution in [0.4, 0.5) is 0 Å². The van der Waals surface area contributed by atoms with Crippen LogP contribution in [0.3, 0.4) is 0 Å².